The summed E-state index contributed by atoms with van der Waals surface area (Å²) in [6, 6.07) is 5.93. The van der Waals surface area contributed by atoms with E-state index in [-0.39, 0.29) is 5.78 Å². The number of nitrogens with zero attached hydrogens (tertiary/aromatic N) is 5. The summed E-state index contributed by atoms with van der Waals surface area (Å²) in [5.41, 5.74) is 9.10. The zero-order chi connectivity index (χ0) is 20.5. The molecule has 29 heavy (non-hydrogen) atoms. The molecule has 0 fully saturated rings. The lowest BCUT2D eigenvalue weighted by Crippen LogP contribution is -2.38. The van der Waals surface area contributed by atoms with Gasteiger partial charge in [-0.25, -0.2) is 0 Å². The zero-order valence-electron chi connectivity index (χ0n) is 16.1. The van der Waals surface area contributed by atoms with E-state index in [1.807, 2.05) is 6.07 Å². The van der Waals surface area contributed by atoms with Crippen LogP contribution >= 0.6 is 23.1 Å². The molecule has 0 saturated heterocycles. The van der Waals surface area contributed by atoms with Gasteiger partial charge in [-0.15, -0.1) is 10.2 Å². The molecule has 148 valence electrons. The third-order valence-corrected chi connectivity index (χ3v) is 6.85. The molecule has 0 aromatic carbocycles. The minimum absolute atomic E-state index is 0.0478. The van der Waals surface area contributed by atoms with Crippen molar-refractivity contribution in [1.29, 1.82) is 5.26 Å². The van der Waals surface area contributed by atoms with Gasteiger partial charge in [0.1, 0.15) is 5.82 Å². The summed E-state index contributed by atoms with van der Waals surface area (Å²) < 4.78 is 0.833. The molecule has 7 nitrogen and oxygen atoms in total. The van der Waals surface area contributed by atoms with Crippen LogP contribution in [0.5, 0.6) is 0 Å². The summed E-state index contributed by atoms with van der Waals surface area (Å²) in [5.74, 6) is -0.135. The van der Waals surface area contributed by atoms with Crippen LogP contribution in [0.2, 0.25) is 0 Å². The molecule has 2 N–H and O–H groups in total. The van der Waals surface area contributed by atoms with Crippen LogP contribution in [-0.4, -0.2) is 26.2 Å². The van der Waals surface area contributed by atoms with Crippen molar-refractivity contribution in [2.45, 2.75) is 48.6 Å². The first kappa shape index (κ1) is 19.6. The smallest absolute Gasteiger partial charge is 0.219 e. The van der Waals surface area contributed by atoms with Gasteiger partial charge < -0.3 is 5.73 Å². The van der Waals surface area contributed by atoms with E-state index in [0.29, 0.717) is 40.2 Å². The Morgan fingerprint density at radius 1 is 1.38 bits per heavy atom. The number of ketones is 1. The predicted molar refractivity (Wildman–Crippen MR) is 113 cm³/mol. The number of aromatic nitrogens is 3. The van der Waals surface area contributed by atoms with Crippen LogP contribution in [0, 0.1) is 11.3 Å². The lowest BCUT2D eigenvalue weighted by Gasteiger charge is -2.37. The van der Waals surface area contributed by atoms with E-state index in [4.69, 9.17) is 5.73 Å². The average molecular weight is 425 g/mol. The lowest BCUT2D eigenvalue weighted by molar-refractivity contribution is -0.116. The molecule has 9 heteroatoms. The summed E-state index contributed by atoms with van der Waals surface area (Å²) in [6.07, 6.45) is 5.27. The first-order valence-electron chi connectivity index (χ1n) is 9.37. The van der Waals surface area contributed by atoms with Gasteiger partial charge in [0.25, 0.3) is 0 Å². The van der Waals surface area contributed by atoms with Crippen molar-refractivity contribution >= 4 is 34.0 Å². The number of hydrogen-bond donors (Lipinski definition) is 1. The number of carbonyl (C=O) groups is 1. The van der Waals surface area contributed by atoms with Crippen LogP contribution in [0.1, 0.15) is 44.6 Å². The van der Waals surface area contributed by atoms with Gasteiger partial charge in [0, 0.05) is 35.3 Å². The van der Waals surface area contributed by atoms with E-state index in [1.165, 1.54) is 11.3 Å². The van der Waals surface area contributed by atoms with E-state index in [2.05, 4.69) is 35.1 Å². The SMILES string of the molecule is CC(C)Sc1nnc(N2C(N)=C(C#N)[C@@H](c3cccnc3)C3=C2CCCC3=O)s1. The number of nitrogens with two attached hydrogens (primary N) is 1. The summed E-state index contributed by atoms with van der Waals surface area (Å²) in [6.45, 7) is 4.18. The lowest BCUT2D eigenvalue weighted by atomic mass is 9.76. The van der Waals surface area contributed by atoms with E-state index in [9.17, 15) is 10.1 Å². The number of carbonyl (C=O) groups excluding carboxylic acids is 1. The number of thioether (sulfide) groups is 1. The highest BCUT2D eigenvalue weighted by molar-refractivity contribution is 8.01. The van der Waals surface area contributed by atoms with Gasteiger partial charge in [0.2, 0.25) is 5.13 Å². The highest BCUT2D eigenvalue weighted by Crippen LogP contribution is 2.47. The fourth-order valence-corrected chi connectivity index (χ4v) is 5.83. The predicted octanol–water partition coefficient (Wildman–Crippen LogP) is 3.74. The molecule has 2 aliphatic rings. The number of Topliss-reactive ketones (excluding diaryl/α,β-unsaturated/α-hetero) is 1. The molecule has 0 saturated carbocycles. The van der Waals surface area contributed by atoms with Gasteiger partial charge in [-0.1, -0.05) is 43.0 Å². The molecule has 1 aliphatic carbocycles. The number of allylic oxidation sites excluding steroid dienone is 3. The molecule has 0 unspecified atom stereocenters. The van der Waals surface area contributed by atoms with Crippen molar-refractivity contribution in [3.8, 4) is 6.07 Å². The number of rotatable bonds is 4. The fourth-order valence-electron chi connectivity index (χ4n) is 3.73. The second-order valence-electron chi connectivity index (χ2n) is 7.12. The van der Waals surface area contributed by atoms with Gasteiger partial charge in [-0.3, -0.25) is 14.7 Å². The number of hydrogen-bond acceptors (Lipinski definition) is 9. The minimum Gasteiger partial charge on any atom is -0.384 e. The maximum atomic E-state index is 13.0. The Morgan fingerprint density at radius 2 is 2.21 bits per heavy atom. The molecule has 2 aromatic rings. The highest BCUT2D eigenvalue weighted by atomic mass is 32.2. The van der Waals surface area contributed by atoms with Gasteiger partial charge in [0.05, 0.1) is 17.6 Å². The Kier molecular flexibility index (Phi) is 5.39. The molecule has 3 heterocycles. The van der Waals surface area contributed by atoms with Crippen LogP contribution in [0.3, 0.4) is 0 Å². The van der Waals surface area contributed by atoms with E-state index in [0.717, 1.165) is 22.0 Å². The molecule has 2 aromatic heterocycles. The number of anilines is 1. The van der Waals surface area contributed by atoms with Crippen LogP contribution < -0.4 is 10.6 Å². The maximum Gasteiger partial charge on any atom is 0.219 e. The van der Waals surface area contributed by atoms with Crippen molar-refractivity contribution in [2.24, 2.45) is 5.73 Å². The third-order valence-electron chi connectivity index (χ3n) is 4.85. The molecule has 0 bridgehead atoms. The van der Waals surface area contributed by atoms with Gasteiger partial charge in [0.15, 0.2) is 10.1 Å². The second kappa shape index (κ2) is 7.97. The molecule has 0 radical (unpaired) electrons. The average Bonchev–Trinajstić information content (AvgIpc) is 3.15. The molecule has 1 aliphatic heterocycles. The monoisotopic (exact) mass is 424 g/mol. The quantitative estimate of drug-likeness (QED) is 0.739. The fraction of sp³-hybridized carbons (Fsp3) is 0.350. The first-order valence-corrected chi connectivity index (χ1v) is 11.1. The standard InChI is InChI=1S/C20H20N6OS2/c1-11(2)28-20-25-24-19(29-20)26-14-6-3-7-15(27)17(14)16(13(9-21)18(26)22)12-5-4-8-23-10-12/h4-5,8,10-11,16H,3,6-7,22H2,1-2H3/t16-/m1/s1. The molecule has 0 amide bonds. The third kappa shape index (κ3) is 3.54. The molecule has 1 atom stereocenters. The maximum absolute atomic E-state index is 13.0. The summed E-state index contributed by atoms with van der Waals surface area (Å²) >= 11 is 3.05. The van der Waals surface area contributed by atoms with Gasteiger partial charge in [-0.2, -0.15) is 5.26 Å². The number of nitriles is 1. The first-order chi connectivity index (χ1) is 14.0. The number of pyridine rings is 1. The van der Waals surface area contributed by atoms with Crippen LogP contribution in [0.25, 0.3) is 0 Å². The van der Waals surface area contributed by atoms with Crippen molar-refractivity contribution in [1.82, 2.24) is 15.2 Å². The summed E-state index contributed by atoms with van der Waals surface area (Å²) in [7, 11) is 0. The largest absolute Gasteiger partial charge is 0.384 e. The molecule has 4 rings (SSSR count). The summed E-state index contributed by atoms with van der Waals surface area (Å²) in [5, 5.41) is 19.5. The van der Waals surface area contributed by atoms with Crippen molar-refractivity contribution < 1.29 is 4.79 Å². The summed E-state index contributed by atoms with van der Waals surface area (Å²) in [4.78, 5) is 18.9. The Labute approximate surface area is 177 Å². The minimum atomic E-state index is -0.495. The topological polar surface area (TPSA) is 109 Å². The van der Waals surface area contributed by atoms with E-state index in [1.54, 1.807) is 35.1 Å². The van der Waals surface area contributed by atoms with Crippen LogP contribution in [0.4, 0.5) is 5.13 Å². The molecule has 0 spiro atoms. The molecular formula is C20H20N6OS2. The normalized spacial score (nSPS) is 19.6. The van der Waals surface area contributed by atoms with Crippen molar-refractivity contribution in [2.75, 3.05) is 4.90 Å². The zero-order valence-corrected chi connectivity index (χ0v) is 17.8. The van der Waals surface area contributed by atoms with Crippen molar-refractivity contribution in [3.63, 3.8) is 0 Å². The molecular weight excluding hydrogens is 404 g/mol. The highest BCUT2D eigenvalue weighted by Gasteiger charge is 2.41. The Bertz CT molecular complexity index is 1050. The second-order valence-corrected chi connectivity index (χ2v) is 9.90. The van der Waals surface area contributed by atoms with Crippen molar-refractivity contribution in [3.05, 3.63) is 52.8 Å². The van der Waals surface area contributed by atoms with Crippen LogP contribution in [0.15, 0.2) is 51.5 Å². The van der Waals surface area contributed by atoms with E-state index < -0.39 is 5.92 Å². The van der Waals surface area contributed by atoms with Gasteiger partial charge >= 0.3 is 0 Å². The van der Waals surface area contributed by atoms with Gasteiger partial charge in [-0.05, 0) is 24.5 Å². The Morgan fingerprint density at radius 3 is 2.90 bits per heavy atom. The van der Waals surface area contributed by atoms with Crippen LogP contribution in [-0.2, 0) is 4.79 Å². The van der Waals surface area contributed by atoms with E-state index >= 15 is 0 Å². The Hall–Kier alpha value is -2.70. The Balaban J connectivity index is 1.88.